The maximum Gasteiger partial charge on any atom is 0.308 e. The summed E-state index contributed by atoms with van der Waals surface area (Å²) in [7, 11) is 0. The quantitative estimate of drug-likeness (QED) is 0.646. The number of nitrogens with zero attached hydrogens (tertiary/aromatic N) is 2. The molecule has 1 saturated heterocycles. The Morgan fingerprint density at radius 2 is 1.79 bits per heavy atom. The zero-order chi connectivity index (χ0) is 20.8. The number of fused-ring (bicyclic) bond motifs is 1. The van der Waals surface area contributed by atoms with Crippen LogP contribution in [0.5, 0.6) is 11.5 Å². The molecule has 1 aromatic carbocycles. The van der Waals surface area contributed by atoms with Gasteiger partial charge in [0.15, 0.2) is 11.5 Å². The van der Waals surface area contributed by atoms with E-state index >= 15 is 0 Å². The molecule has 29 heavy (non-hydrogen) atoms. The first kappa shape index (κ1) is 21.4. The summed E-state index contributed by atoms with van der Waals surface area (Å²) < 4.78 is 10.8. The van der Waals surface area contributed by atoms with Crippen LogP contribution in [0.2, 0.25) is 0 Å². The lowest BCUT2D eigenvalue weighted by molar-refractivity contribution is -0.142. The summed E-state index contributed by atoms with van der Waals surface area (Å²) in [6, 6.07) is 5.62. The molecule has 3 rings (SSSR count). The normalized spacial score (nSPS) is 20.8. The molecule has 2 aliphatic rings. The number of amides is 1. The van der Waals surface area contributed by atoms with Crippen LogP contribution in [0.1, 0.15) is 51.0 Å². The molecule has 160 valence electrons. The van der Waals surface area contributed by atoms with Gasteiger partial charge in [-0.1, -0.05) is 32.8 Å². The van der Waals surface area contributed by atoms with Gasteiger partial charge in [0.05, 0.1) is 12.5 Å². The van der Waals surface area contributed by atoms with E-state index in [-0.39, 0.29) is 25.2 Å². The summed E-state index contributed by atoms with van der Waals surface area (Å²) in [6.07, 6.45) is 4.08. The molecule has 1 amide bonds. The van der Waals surface area contributed by atoms with Gasteiger partial charge in [0.2, 0.25) is 12.7 Å². The fourth-order valence-electron chi connectivity index (χ4n) is 4.10. The van der Waals surface area contributed by atoms with Gasteiger partial charge in [0, 0.05) is 32.1 Å². The molecule has 2 aliphatic heterocycles. The van der Waals surface area contributed by atoms with Gasteiger partial charge in [-0.15, -0.1) is 0 Å². The van der Waals surface area contributed by atoms with Crippen molar-refractivity contribution in [2.75, 3.05) is 39.5 Å². The van der Waals surface area contributed by atoms with Crippen LogP contribution in [0.3, 0.4) is 0 Å². The average molecular weight is 405 g/mol. The Kier molecular flexibility index (Phi) is 7.36. The van der Waals surface area contributed by atoms with Crippen LogP contribution < -0.4 is 9.47 Å². The number of carbonyl (C=O) groups excluding carboxylic acids is 1. The minimum absolute atomic E-state index is 0.0994. The molecule has 1 fully saturated rings. The second kappa shape index (κ2) is 9.96. The van der Waals surface area contributed by atoms with Crippen molar-refractivity contribution in [3.63, 3.8) is 0 Å². The van der Waals surface area contributed by atoms with Crippen LogP contribution in [-0.4, -0.2) is 66.3 Å². The van der Waals surface area contributed by atoms with Gasteiger partial charge in [-0.05, 0) is 30.5 Å². The first-order valence-electron chi connectivity index (χ1n) is 10.7. The number of carboxylic acid groups (broad SMARTS) is 1. The third-order valence-electron chi connectivity index (χ3n) is 5.81. The molecule has 1 aromatic rings. The van der Waals surface area contributed by atoms with Gasteiger partial charge in [-0.3, -0.25) is 14.5 Å². The van der Waals surface area contributed by atoms with E-state index < -0.39 is 11.9 Å². The maximum atomic E-state index is 12.9. The van der Waals surface area contributed by atoms with Crippen molar-refractivity contribution >= 4 is 11.9 Å². The topological polar surface area (TPSA) is 79.3 Å². The molecular weight excluding hydrogens is 372 g/mol. The van der Waals surface area contributed by atoms with Gasteiger partial charge < -0.3 is 19.5 Å². The first-order valence-corrected chi connectivity index (χ1v) is 10.7. The number of benzene rings is 1. The minimum atomic E-state index is -0.823. The molecule has 2 heterocycles. The summed E-state index contributed by atoms with van der Waals surface area (Å²) >= 11 is 0. The number of rotatable bonds is 10. The Bertz CT molecular complexity index is 715. The zero-order valence-corrected chi connectivity index (χ0v) is 17.4. The second-order valence-electron chi connectivity index (χ2n) is 7.95. The number of carbonyl (C=O) groups is 2. The predicted molar refractivity (Wildman–Crippen MR) is 109 cm³/mol. The number of aliphatic carboxylic acids is 1. The van der Waals surface area contributed by atoms with Gasteiger partial charge in [-0.25, -0.2) is 0 Å². The second-order valence-corrected chi connectivity index (χ2v) is 7.95. The third kappa shape index (κ3) is 5.21. The first-order chi connectivity index (χ1) is 14.0. The molecule has 0 bridgehead atoms. The van der Waals surface area contributed by atoms with E-state index in [4.69, 9.17) is 9.47 Å². The summed E-state index contributed by atoms with van der Waals surface area (Å²) in [4.78, 5) is 28.7. The highest BCUT2D eigenvalue weighted by Crippen LogP contribution is 2.39. The fraction of sp³-hybridized carbons (Fsp3) is 0.636. The number of ether oxygens (including phenoxy) is 2. The lowest BCUT2D eigenvalue weighted by Gasteiger charge is -2.25. The molecule has 0 aromatic heterocycles. The molecule has 2 unspecified atom stereocenters. The molecule has 7 heteroatoms. The van der Waals surface area contributed by atoms with Crippen molar-refractivity contribution < 1.29 is 24.2 Å². The molecule has 0 radical (unpaired) electrons. The minimum Gasteiger partial charge on any atom is -0.481 e. The third-order valence-corrected chi connectivity index (χ3v) is 5.81. The van der Waals surface area contributed by atoms with E-state index in [1.54, 1.807) is 0 Å². The van der Waals surface area contributed by atoms with E-state index in [2.05, 4.69) is 13.8 Å². The molecule has 7 nitrogen and oxygen atoms in total. The Morgan fingerprint density at radius 1 is 1.10 bits per heavy atom. The number of likely N-dealkylation sites (tertiary alicyclic amines) is 1. The molecule has 0 spiro atoms. The largest absolute Gasteiger partial charge is 0.481 e. The van der Waals surface area contributed by atoms with E-state index in [9.17, 15) is 14.7 Å². The highest BCUT2D eigenvalue weighted by molar-refractivity contribution is 5.79. The standard InChI is InChI=1S/C22H32N2O5/c1-3-5-9-24(10-6-4-2)21(25)14-23-12-17(18(13-23)22(26)27)16-7-8-19-20(11-16)29-15-28-19/h7-8,11,17-18H,3-6,9-10,12-15H2,1-2H3,(H,26,27). The average Bonchev–Trinajstić information content (AvgIpc) is 3.34. The maximum absolute atomic E-state index is 12.9. The Morgan fingerprint density at radius 3 is 2.45 bits per heavy atom. The molecule has 0 aliphatic carbocycles. The zero-order valence-electron chi connectivity index (χ0n) is 17.4. The van der Waals surface area contributed by atoms with E-state index in [1.807, 2.05) is 28.0 Å². The number of carboxylic acids is 1. The van der Waals surface area contributed by atoms with Gasteiger partial charge in [-0.2, -0.15) is 0 Å². The number of hydrogen-bond acceptors (Lipinski definition) is 5. The van der Waals surface area contributed by atoms with Crippen molar-refractivity contribution in [3.8, 4) is 11.5 Å². The Hall–Kier alpha value is -2.28. The highest BCUT2D eigenvalue weighted by Gasteiger charge is 2.40. The summed E-state index contributed by atoms with van der Waals surface area (Å²) in [5, 5.41) is 9.75. The molecular formula is C22H32N2O5. The fourth-order valence-corrected chi connectivity index (χ4v) is 4.10. The lowest BCUT2D eigenvalue weighted by atomic mass is 9.89. The smallest absolute Gasteiger partial charge is 0.308 e. The van der Waals surface area contributed by atoms with Gasteiger partial charge in [0.1, 0.15) is 0 Å². The van der Waals surface area contributed by atoms with Crippen LogP contribution in [0.4, 0.5) is 0 Å². The highest BCUT2D eigenvalue weighted by atomic mass is 16.7. The van der Waals surface area contributed by atoms with Crippen molar-refractivity contribution in [1.82, 2.24) is 9.80 Å². The van der Waals surface area contributed by atoms with Crippen LogP contribution >= 0.6 is 0 Å². The summed E-state index contributed by atoms with van der Waals surface area (Å²) in [5.74, 6) is -0.0872. The van der Waals surface area contributed by atoms with Crippen molar-refractivity contribution in [2.45, 2.75) is 45.4 Å². The van der Waals surface area contributed by atoms with E-state index in [1.165, 1.54) is 0 Å². The Labute approximate surface area is 172 Å². The number of hydrogen-bond donors (Lipinski definition) is 1. The monoisotopic (exact) mass is 404 g/mol. The van der Waals surface area contributed by atoms with Crippen molar-refractivity contribution in [1.29, 1.82) is 0 Å². The van der Waals surface area contributed by atoms with Crippen molar-refractivity contribution in [3.05, 3.63) is 23.8 Å². The lowest BCUT2D eigenvalue weighted by Crippen LogP contribution is -2.41. The molecule has 1 N–H and O–H groups in total. The van der Waals surface area contributed by atoms with Crippen molar-refractivity contribution in [2.24, 2.45) is 5.92 Å². The summed E-state index contributed by atoms with van der Waals surface area (Å²) in [6.45, 7) is 7.20. The van der Waals surface area contributed by atoms with Crippen LogP contribution in [0.15, 0.2) is 18.2 Å². The van der Waals surface area contributed by atoms with Gasteiger partial charge in [0.25, 0.3) is 0 Å². The van der Waals surface area contributed by atoms with Crippen LogP contribution in [0.25, 0.3) is 0 Å². The molecule has 0 saturated carbocycles. The van der Waals surface area contributed by atoms with Gasteiger partial charge >= 0.3 is 5.97 Å². The Balaban J connectivity index is 1.68. The SMILES string of the molecule is CCCCN(CCCC)C(=O)CN1CC(C(=O)O)C(c2ccc3c(c2)OCO3)C1. The van der Waals surface area contributed by atoms with Crippen LogP contribution in [-0.2, 0) is 9.59 Å². The van der Waals surface area contributed by atoms with Crippen LogP contribution in [0, 0.1) is 5.92 Å². The predicted octanol–water partition coefficient (Wildman–Crippen LogP) is 2.94. The van der Waals surface area contributed by atoms with E-state index in [0.29, 0.717) is 24.6 Å². The summed E-state index contributed by atoms with van der Waals surface area (Å²) in [5.41, 5.74) is 0.922. The number of unbranched alkanes of at least 4 members (excludes halogenated alkanes) is 2. The molecule has 2 atom stereocenters. The van der Waals surface area contributed by atoms with E-state index in [0.717, 1.165) is 44.3 Å².